The van der Waals surface area contributed by atoms with Crippen LogP contribution in [0.4, 0.5) is 0 Å². The van der Waals surface area contributed by atoms with E-state index < -0.39 is 76.4 Å². The standard InChI is InChI=1S/C27H30N2O8/c1-10-12-8-9-13(11-6-4-5-7-11)20(30)15(12)21(31)16-14(10)22(32)18-19(29(2)3)23(33)17(26(28)36)25(35)27(18,37)24(16)34/h6,8-10,14,16-19,22,30,32,37H,4-5,7H2,1-3H3,(H2,28,36)/t10-,14?,16?,17?,18?,19-,22-,27-/m0/s1. The van der Waals surface area contributed by atoms with Crippen molar-refractivity contribution in [1.29, 1.82) is 0 Å². The monoisotopic (exact) mass is 510 g/mol. The molecular formula is C27H30N2O8. The zero-order valence-electron chi connectivity index (χ0n) is 20.8. The first-order chi connectivity index (χ1) is 17.3. The molecule has 0 spiro atoms. The van der Waals surface area contributed by atoms with Gasteiger partial charge in [-0.1, -0.05) is 25.1 Å². The molecule has 1 amide bonds. The summed E-state index contributed by atoms with van der Waals surface area (Å²) < 4.78 is 0. The number of fused-ring (bicyclic) bond motifs is 3. The topological polar surface area (TPSA) is 175 Å². The third-order valence-electron chi connectivity index (χ3n) is 8.88. The van der Waals surface area contributed by atoms with Crippen LogP contribution in [-0.2, 0) is 19.2 Å². The lowest BCUT2D eigenvalue weighted by molar-refractivity contribution is -0.196. The molecule has 0 aromatic heterocycles. The molecular weight excluding hydrogens is 480 g/mol. The first-order valence-corrected chi connectivity index (χ1v) is 12.4. The summed E-state index contributed by atoms with van der Waals surface area (Å²) in [5, 5.41) is 34.4. The van der Waals surface area contributed by atoms with Crippen LogP contribution in [0, 0.1) is 23.7 Å². The van der Waals surface area contributed by atoms with E-state index in [1.165, 1.54) is 19.0 Å². The highest BCUT2D eigenvalue weighted by molar-refractivity contribution is 6.32. The third-order valence-corrected chi connectivity index (χ3v) is 8.88. The number of aromatic hydroxyl groups is 1. The summed E-state index contributed by atoms with van der Waals surface area (Å²) in [6.07, 6.45) is 2.83. The predicted molar refractivity (Wildman–Crippen MR) is 129 cm³/mol. The molecule has 8 atom stereocenters. The Kier molecular flexibility index (Phi) is 5.78. The highest BCUT2D eigenvalue weighted by atomic mass is 16.3. The number of hydrogen-bond donors (Lipinski definition) is 4. The molecule has 5 N–H and O–H groups in total. The Morgan fingerprint density at radius 3 is 2.38 bits per heavy atom. The van der Waals surface area contributed by atoms with Crippen molar-refractivity contribution in [2.45, 2.75) is 49.9 Å². The number of nitrogens with two attached hydrogens (primary N) is 1. The van der Waals surface area contributed by atoms with Crippen LogP contribution in [0.15, 0.2) is 18.2 Å². The van der Waals surface area contributed by atoms with Gasteiger partial charge in [0.2, 0.25) is 5.91 Å². The van der Waals surface area contributed by atoms with Crippen molar-refractivity contribution < 1.29 is 39.3 Å². The summed E-state index contributed by atoms with van der Waals surface area (Å²) in [5.74, 6) is -13.0. The van der Waals surface area contributed by atoms with Crippen molar-refractivity contribution in [3.63, 3.8) is 0 Å². The van der Waals surface area contributed by atoms with Crippen LogP contribution < -0.4 is 5.73 Å². The average Bonchev–Trinajstić information content (AvgIpc) is 3.35. The second-order valence-corrected chi connectivity index (χ2v) is 10.9. The molecule has 37 heavy (non-hydrogen) atoms. The van der Waals surface area contributed by atoms with E-state index in [0.29, 0.717) is 11.1 Å². The Balaban J connectivity index is 1.70. The Bertz CT molecular complexity index is 1300. The van der Waals surface area contributed by atoms with Gasteiger partial charge in [-0.2, -0.15) is 0 Å². The number of phenols is 1. The number of primary amides is 1. The zero-order valence-corrected chi connectivity index (χ0v) is 20.8. The molecule has 0 radical (unpaired) electrons. The number of aliphatic hydroxyl groups excluding tert-OH is 1. The van der Waals surface area contributed by atoms with Crippen LogP contribution in [0.5, 0.6) is 5.75 Å². The highest BCUT2D eigenvalue weighted by Gasteiger charge is 2.72. The van der Waals surface area contributed by atoms with Gasteiger partial charge in [0.15, 0.2) is 34.7 Å². The van der Waals surface area contributed by atoms with Crippen LogP contribution in [-0.4, -0.2) is 81.1 Å². The number of aliphatic hydroxyl groups is 2. The van der Waals surface area contributed by atoms with Crippen LogP contribution in [0.25, 0.3) is 5.57 Å². The number of likely N-dealkylation sites (N-methyl/N-ethyl adjacent to an activating group) is 1. The molecule has 0 bridgehead atoms. The quantitative estimate of drug-likeness (QED) is 0.407. The Morgan fingerprint density at radius 2 is 1.81 bits per heavy atom. The van der Waals surface area contributed by atoms with E-state index in [0.717, 1.165) is 24.8 Å². The van der Waals surface area contributed by atoms with Gasteiger partial charge < -0.3 is 21.1 Å². The van der Waals surface area contributed by atoms with Gasteiger partial charge in [0.25, 0.3) is 0 Å². The van der Waals surface area contributed by atoms with Gasteiger partial charge >= 0.3 is 0 Å². The van der Waals surface area contributed by atoms with Crippen molar-refractivity contribution in [3.8, 4) is 5.75 Å². The number of nitrogens with zero attached hydrogens (tertiary/aromatic N) is 1. The van der Waals surface area contributed by atoms with Crippen molar-refractivity contribution in [1.82, 2.24) is 4.90 Å². The lowest BCUT2D eigenvalue weighted by atomic mass is 9.49. The molecule has 4 unspecified atom stereocenters. The van der Waals surface area contributed by atoms with Crippen molar-refractivity contribution in [2.24, 2.45) is 29.4 Å². The maximum Gasteiger partial charge on any atom is 0.235 e. The molecule has 0 heterocycles. The maximum atomic E-state index is 14.0. The second kappa shape index (κ2) is 8.41. The number of phenolic OH excluding ortho intramolecular Hbond substituents is 1. The summed E-state index contributed by atoms with van der Waals surface area (Å²) >= 11 is 0. The van der Waals surface area contributed by atoms with Crippen molar-refractivity contribution in [3.05, 3.63) is 34.9 Å². The lowest BCUT2D eigenvalue weighted by Crippen LogP contribution is -2.77. The van der Waals surface area contributed by atoms with E-state index in [2.05, 4.69) is 0 Å². The minimum Gasteiger partial charge on any atom is -0.507 e. The molecule has 1 aromatic carbocycles. The van der Waals surface area contributed by atoms with Gasteiger partial charge in [-0.05, 0) is 50.4 Å². The van der Waals surface area contributed by atoms with Crippen molar-refractivity contribution in [2.75, 3.05) is 14.1 Å². The fourth-order valence-corrected chi connectivity index (χ4v) is 7.16. The van der Waals surface area contributed by atoms with Gasteiger partial charge in [-0.25, -0.2) is 0 Å². The van der Waals surface area contributed by atoms with Gasteiger partial charge in [-0.3, -0.25) is 28.9 Å². The number of carbonyl (C=O) groups is 5. The number of hydrogen-bond acceptors (Lipinski definition) is 9. The van der Waals surface area contributed by atoms with Crippen LogP contribution >= 0.6 is 0 Å². The Morgan fingerprint density at radius 1 is 1.14 bits per heavy atom. The van der Waals surface area contributed by atoms with Crippen LogP contribution in [0.2, 0.25) is 0 Å². The van der Waals surface area contributed by atoms with E-state index in [9.17, 15) is 39.3 Å². The molecule has 4 aliphatic rings. The lowest BCUT2D eigenvalue weighted by Gasteiger charge is -2.56. The third kappa shape index (κ3) is 3.19. The number of rotatable bonds is 3. The Labute approximate surface area is 213 Å². The summed E-state index contributed by atoms with van der Waals surface area (Å²) in [7, 11) is 2.92. The number of benzene rings is 1. The predicted octanol–water partition coefficient (Wildman–Crippen LogP) is -0.0339. The normalized spacial score (nSPS) is 37.2. The number of amides is 1. The zero-order chi connectivity index (χ0) is 27.1. The Hall–Kier alpha value is -3.21. The molecule has 4 aliphatic carbocycles. The molecule has 2 fully saturated rings. The maximum absolute atomic E-state index is 14.0. The van der Waals surface area contributed by atoms with Gasteiger partial charge in [-0.15, -0.1) is 0 Å². The minimum absolute atomic E-state index is 0.0726. The van der Waals surface area contributed by atoms with E-state index in [1.807, 2.05) is 6.08 Å². The molecule has 2 saturated carbocycles. The van der Waals surface area contributed by atoms with Gasteiger partial charge in [0.05, 0.1) is 29.5 Å². The first kappa shape index (κ1) is 25.4. The summed E-state index contributed by atoms with van der Waals surface area (Å²) in [5.41, 5.74) is 4.07. The molecule has 10 nitrogen and oxygen atoms in total. The minimum atomic E-state index is -2.99. The fourth-order valence-electron chi connectivity index (χ4n) is 7.16. The number of carbonyl (C=O) groups excluding carboxylic acids is 5. The van der Waals surface area contributed by atoms with Gasteiger partial charge in [0.1, 0.15) is 5.75 Å². The number of Topliss-reactive ketones (excluding diaryl/α,β-unsaturated/α-hetero) is 4. The number of allylic oxidation sites excluding steroid dienone is 2. The molecule has 10 heteroatoms. The fraction of sp³-hybridized carbons (Fsp3) is 0.519. The van der Waals surface area contributed by atoms with Gasteiger partial charge in [0, 0.05) is 11.5 Å². The largest absolute Gasteiger partial charge is 0.507 e. The first-order valence-electron chi connectivity index (χ1n) is 12.4. The highest BCUT2D eigenvalue weighted by Crippen LogP contribution is 2.55. The van der Waals surface area contributed by atoms with E-state index in [4.69, 9.17) is 5.73 Å². The van der Waals surface area contributed by atoms with Crippen LogP contribution in [0.3, 0.4) is 0 Å². The average molecular weight is 511 g/mol. The molecule has 0 aliphatic heterocycles. The SMILES string of the molecule is C[C@H]1c2ccc(C3=CCCC3)c(O)c2C(=O)C2C(=O)[C@]3(O)C(=O)C(C(N)=O)C(=O)[C@@H](N(C)C)C3[C@@H](O)C21. The smallest absolute Gasteiger partial charge is 0.235 e. The molecule has 1 aromatic rings. The summed E-state index contributed by atoms with van der Waals surface area (Å²) in [6, 6.07) is 2.04. The van der Waals surface area contributed by atoms with E-state index >= 15 is 0 Å². The summed E-state index contributed by atoms with van der Waals surface area (Å²) in [6.45, 7) is 1.70. The number of ketones is 4. The molecule has 5 rings (SSSR count). The summed E-state index contributed by atoms with van der Waals surface area (Å²) in [4.78, 5) is 67.8. The van der Waals surface area contributed by atoms with E-state index in [1.54, 1.807) is 19.1 Å². The van der Waals surface area contributed by atoms with Crippen molar-refractivity contribution >= 4 is 34.6 Å². The molecule has 196 valence electrons. The van der Waals surface area contributed by atoms with E-state index in [-0.39, 0.29) is 11.3 Å². The second-order valence-electron chi connectivity index (χ2n) is 10.9. The molecule has 0 saturated heterocycles. The van der Waals surface area contributed by atoms with Crippen LogP contribution in [0.1, 0.15) is 53.6 Å².